The van der Waals surface area contributed by atoms with Crippen molar-refractivity contribution in [2.24, 2.45) is 0 Å². The molecular weight excluding hydrogens is 318 g/mol. The van der Waals surface area contributed by atoms with Gasteiger partial charge in [0.25, 0.3) is 5.91 Å². The lowest BCUT2D eigenvalue weighted by molar-refractivity contribution is -0.127. The van der Waals surface area contributed by atoms with Gasteiger partial charge in [0.15, 0.2) is 6.10 Å². The molecule has 134 valence electrons. The summed E-state index contributed by atoms with van der Waals surface area (Å²) in [7, 11) is 1.59. The Morgan fingerprint density at radius 1 is 1.04 bits per heavy atom. The van der Waals surface area contributed by atoms with Crippen molar-refractivity contribution in [2.75, 3.05) is 13.7 Å². The minimum absolute atomic E-state index is 0.125. The Morgan fingerprint density at radius 3 is 2.36 bits per heavy atom. The van der Waals surface area contributed by atoms with Gasteiger partial charge in [0.2, 0.25) is 0 Å². The van der Waals surface area contributed by atoms with Crippen molar-refractivity contribution >= 4 is 5.91 Å². The highest BCUT2D eigenvalue weighted by molar-refractivity contribution is 5.81. The van der Waals surface area contributed by atoms with Crippen molar-refractivity contribution in [3.63, 3.8) is 0 Å². The number of hydrogen-bond acceptors (Lipinski definition) is 4. The van der Waals surface area contributed by atoms with E-state index >= 15 is 0 Å². The molecule has 0 spiro atoms. The van der Waals surface area contributed by atoms with E-state index in [0.717, 1.165) is 11.3 Å². The molecule has 5 nitrogen and oxygen atoms in total. The molecule has 0 saturated heterocycles. The van der Waals surface area contributed by atoms with Gasteiger partial charge in [0.1, 0.15) is 17.2 Å². The molecule has 0 radical (unpaired) electrons. The molecule has 0 aliphatic carbocycles. The first kappa shape index (κ1) is 18.6. The van der Waals surface area contributed by atoms with Crippen molar-refractivity contribution in [3.05, 3.63) is 54.1 Å². The summed E-state index contributed by atoms with van der Waals surface area (Å²) in [6.45, 7) is 6.23. The summed E-state index contributed by atoms with van der Waals surface area (Å²) in [6.07, 6.45) is -0.614. The molecule has 0 bridgehead atoms. The highest BCUT2D eigenvalue weighted by atomic mass is 16.5. The van der Waals surface area contributed by atoms with Crippen LogP contribution in [0, 0.1) is 0 Å². The third-order valence-corrected chi connectivity index (χ3v) is 3.77. The topological polar surface area (TPSA) is 56.8 Å². The largest absolute Gasteiger partial charge is 0.497 e. The van der Waals surface area contributed by atoms with Gasteiger partial charge in [-0.05, 0) is 50.6 Å². The van der Waals surface area contributed by atoms with Crippen LogP contribution in [0.25, 0.3) is 0 Å². The Kier molecular flexibility index (Phi) is 6.69. The Hall–Kier alpha value is -2.69. The summed E-state index contributed by atoms with van der Waals surface area (Å²) >= 11 is 0. The summed E-state index contributed by atoms with van der Waals surface area (Å²) in [5, 5.41) is 2.96. The van der Waals surface area contributed by atoms with Crippen LogP contribution in [0.2, 0.25) is 0 Å². The Morgan fingerprint density at radius 2 is 1.72 bits per heavy atom. The second-order valence-electron chi connectivity index (χ2n) is 5.67. The molecule has 2 aromatic rings. The zero-order chi connectivity index (χ0) is 18.2. The summed E-state index contributed by atoms with van der Waals surface area (Å²) in [5.41, 5.74) is 1.00. The first-order valence-corrected chi connectivity index (χ1v) is 8.37. The normalized spacial score (nSPS) is 12.8. The minimum atomic E-state index is -0.614. The number of nitrogens with one attached hydrogen (secondary N) is 1. The van der Waals surface area contributed by atoms with Gasteiger partial charge in [-0.1, -0.05) is 18.2 Å². The second-order valence-corrected chi connectivity index (χ2v) is 5.67. The van der Waals surface area contributed by atoms with E-state index in [9.17, 15) is 4.79 Å². The van der Waals surface area contributed by atoms with Gasteiger partial charge >= 0.3 is 0 Å². The Labute approximate surface area is 148 Å². The molecule has 0 aliphatic rings. The number of carbonyl (C=O) groups is 1. The molecule has 0 heterocycles. The molecule has 2 aromatic carbocycles. The monoisotopic (exact) mass is 343 g/mol. The third kappa shape index (κ3) is 5.41. The summed E-state index contributed by atoms with van der Waals surface area (Å²) in [6, 6.07) is 14.8. The van der Waals surface area contributed by atoms with E-state index in [1.165, 1.54) is 0 Å². The number of rotatable bonds is 8. The quantitative estimate of drug-likeness (QED) is 0.793. The predicted molar refractivity (Wildman–Crippen MR) is 97.3 cm³/mol. The molecule has 0 aromatic heterocycles. The number of ether oxygens (including phenoxy) is 3. The van der Waals surface area contributed by atoms with Crippen LogP contribution >= 0.6 is 0 Å². The molecule has 1 N–H and O–H groups in total. The fourth-order valence-corrected chi connectivity index (χ4v) is 2.37. The van der Waals surface area contributed by atoms with Crippen LogP contribution in [0.5, 0.6) is 17.2 Å². The average Bonchev–Trinajstić information content (AvgIpc) is 2.62. The SMILES string of the molecule is CCOc1ccc([C@H](C)NC(=O)[C@@H](C)Oc2cccc(OC)c2)cc1. The maximum atomic E-state index is 12.4. The van der Waals surface area contributed by atoms with E-state index in [0.29, 0.717) is 18.1 Å². The van der Waals surface area contributed by atoms with E-state index in [2.05, 4.69) is 5.32 Å². The van der Waals surface area contributed by atoms with E-state index in [-0.39, 0.29) is 11.9 Å². The number of carbonyl (C=O) groups excluding carboxylic acids is 1. The third-order valence-electron chi connectivity index (χ3n) is 3.77. The molecule has 0 unspecified atom stereocenters. The molecular formula is C20H25NO4. The maximum Gasteiger partial charge on any atom is 0.261 e. The smallest absolute Gasteiger partial charge is 0.261 e. The Bertz CT molecular complexity index is 684. The molecule has 0 fully saturated rings. The van der Waals surface area contributed by atoms with Gasteiger partial charge in [-0.25, -0.2) is 0 Å². The molecule has 2 rings (SSSR count). The molecule has 0 aliphatic heterocycles. The molecule has 0 saturated carbocycles. The van der Waals surface area contributed by atoms with Gasteiger partial charge < -0.3 is 19.5 Å². The van der Waals surface area contributed by atoms with Gasteiger partial charge in [-0.3, -0.25) is 4.79 Å². The van der Waals surface area contributed by atoms with Crippen LogP contribution in [-0.4, -0.2) is 25.7 Å². The van der Waals surface area contributed by atoms with Crippen molar-refractivity contribution in [1.29, 1.82) is 0 Å². The first-order chi connectivity index (χ1) is 12.0. The van der Waals surface area contributed by atoms with Crippen molar-refractivity contribution in [3.8, 4) is 17.2 Å². The molecule has 25 heavy (non-hydrogen) atoms. The van der Waals surface area contributed by atoms with Crippen LogP contribution in [0.4, 0.5) is 0 Å². The standard InChI is InChI=1S/C20H25NO4/c1-5-24-17-11-9-16(10-12-17)14(2)21-20(22)15(3)25-19-8-6-7-18(13-19)23-4/h6-15H,5H2,1-4H3,(H,21,22)/t14-,15+/m0/s1. The van der Waals surface area contributed by atoms with Crippen molar-refractivity contribution in [1.82, 2.24) is 5.32 Å². The summed E-state index contributed by atoms with van der Waals surface area (Å²) in [5.74, 6) is 1.92. The van der Waals surface area contributed by atoms with Gasteiger partial charge in [0.05, 0.1) is 19.8 Å². The van der Waals surface area contributed by atoms with Gasteiger partial charge in [0, 0.05) is 6.07 Å². The predicted octanol–water partition coefficient (Wildman–Crippen LogP) is 3.74. The van der Waals surface area contributed by atoms with E-state index in [1.807, 2.05) is 50.2 Å². The highest BCUT2D eigenvalue weighted by Gasteiger charge is 2.18. The maximum absolute atomic E-state index is 12.4. The summed E-state index contributed by atoms with van der Waals surface area (Å²) in [4.78, 5) is 12.4. The van der Waals surface area contributed by atoms with Crippen LogP contribution in [-0.2, 0) is 4.79 Å². The van der Waals surface area contributed by atoms with Gasteiger partial charge in [-0.15, -0.1) is 0 Å². The molecule has 2 atom stereocenters. The summed E-state index contributed by atoms with van der Waals surface area (Å²) < 4.78 is 16.3. The number of methoxy groups -OCH3 is 1. The van der Waals surface area contributed by atoms with Crippen molar-refractivity contribution in [2.45, 2.75) is 32.9 Å². The fourth-order valence-electron chi connectivity index (χ4n) is 2.37. The fraction of sp³-hybridized carbons (Fsp3) is 0.350. The Balaban J connectivity index is 1.92. The highest BCUT2D eigenvalue weighted by Crippen LogP contribution is 2.21. The van der Waals surface area contributed by atoms with Crippen LogP contribution < -0.4 is 19.5 Å². The van der Waals surface area contributed by atoms with Crippen LogP contribution in [0.15, 0.2) is 48.5 Å². The average molecular weight is 343 g/mol. The van der Waals surface area contributed by atoms with Crippen molar-refractivity contribution < 1.29 is 19.0 Å². The van der Waals surface area contributed by atoms with E-state index < -0.39 is 6.10 Å². The lowest BCUT2D eigenvalue weighted by atomic mass is 10.1. The lowest BCUT2D eigenvalue weighted by Crippen LogP contribution is -2.37. The van der Waals surface area contributed by atoms with E-state index in [1.54, 1.807) is 26.2 Å². The van der Waals surface area contributed by atoms with E-state index in [4.69, 9.17) is 14.2 Å². The number of benzene rings is 2. The van der Waals surface area contributed by atoms with Crippen LogP contribution in [0.1, 0.15) is 32.4 Å². The van der Waals surface area contributed by atoms with Crippen LogP contribution in [0.3, 0.4) is 0 Å². The molecule has 1 amide bonds. The minimum Gasteiger partial charge on any atom is -0.497 e. The zero-order valence-corrected chi connectivity index (χ0v) is 15.1. The number of amides is 1. The second kappa shape index (κ2) is 8.97. The van der Waals surface area contributed by atoms with Gasteiger partial charge in [-0.2, -0.15) is 0 Å². The number of hydrogen-bond donors (Lipinski definition) is 1. The molecule has 5 heteroatoms. The first-order valence-electron chi connectivity index (χ1n) is 8.37. The zero-order valence-electron chi connectivity index (χ0n) is 15.1. The lowest BCUT2D eigenvalue weighted by Gasteiger charge is -2.19.